The van der Waals surface area contributed by atoms with Crippen LogP contribution in [0.5, 0.6) is 11.5 Å². The molecule has 7 heteroatoms. The molecule has 0 bridgehead atoms. The SMILES string of the molecule is CC.C[N+]1(CCNC(=O)c2ccnc(-c3ccc(Oc4ccc(F)cc4)cc3)n2)CCCCC1. The molecule has 1 saturated heterocycles. The van der Waals surface area contributed by atoms with Crippen LogP contribution in [0.1, 0.15) is 43.6 Å². The standard InChI is InChI=1S/C25H27FN4O2.C2H6/c1-30(16-3-2-4-17-30)18-15-28-25(31)23-13-14-27-24(29-23)19-5-9-21(10-6-19)32-22-11-7-20(26)8-12-22;1-2/h5-14H,2-4,15-18H2,1H3;1-2H3/p+1. The summed E-state index contributed by atoms with van der Waals surface area (Å²) in [5, 5.41) is 3.00. The number of nitrogens with zero attached hydrogens (tertiary/aromatic N) is 3. The first-order chi connectivity index (χ1) is 16.5. The minimum absolute atomic E-state index is 0.187. The van der Waals surface area contributed by atoms with Crippen LogP contribution in [-0.4, -0.2) is 53.6 Å². The van der Waals surface area contributed by atoms with Crippen LogP contribution in [0.15, 0.2) is 60.8 Å². The summed E-state index contributed by atoms with van der Waals surface area (Å²) in [5.74, 6) is 1.14. The molecule has 1 aliphatic heterocycles. The van der Waals surface area contributed by atoms with E-state index in [9.17, 15) is 9.18 Å². The quantitative estimate of drug-likeness (QED) is 0.471. The number of benzene rings is 2. The Hall–Kier alpha value is -3.32. The van der Waals surface area contributed by atoms with Crippen LogP contribution in [0.3, 0.4) is 0 Å². The topological polar surface area (TPSA) is 64.1 Å². The normalized spacial score (nSPS) is 14.5. The number of quaternary nitrogens is 1. The van der Waals surface area contributed by atoms with Gasteiger partial charge in [-0.2, -0.15) is 0 Å². The molecule has 2 heterocycles. The average Bonchev–Trinajstić information content (AvgIpc) is 2.87. The first kappa shape index (κ1) is 25.3. The first-order valence-electron chi connectivity index (χ1n) is 12.0. The summed E-state index contributed by atoms with van der Waals surface area (Å²) < 4.78 is 19.8. The van der Waals surface area contributed by atoms with E-state index in [1.165, 1.54) is 44.5 Å². The molecule has 0 radical (unpaired) electrons. The number of carbonyl (C=O) groups is 1. The largest absolute Gasteiger partial charge is 0.457 e. The molecule has 0 atom stereocenters. The van der Waals surface area contributed by atoms with Crippen molar-refractivity contribution < 1.29 is 18.4 Å². The van der Waals surface area contributed by atoms with Gasteiger partial charge in [-0.05, 0) is 73.9 Å². The molecule has 0 unspecified atom stereocenters. The Balaban J connectivity index is 0.00000158. The summed E-state index contributed by atoms with van der Waals surface area (Å²) in [6.45, 7) is 7.91. The van der Waals surface area contributed by atoms with Crippen LogP contribution < -0.4 is 10.1 Å². The molecular formula is C27H34FN4O2+. The number of aromatic nitrogens is 2. The fourth-order valence-electron chi connectivity index (χ4n) is 3.96. The number of likely N-dealkylation sites (tertiary alicyclic amines) is 1. The van der Waals surface area contributed by atoms with Gasteiger partial charge in [0.15, 0.2) is 5.82 Å². The molecule has 0 aliphatic carbocycles. The van der Waals surface area contributed by atoms with Crippen LogP contribution in [0.4, 0.5) is 4.39 Å². The molecule has 3 aromatic rings. The van der Waals surface area contributed by atoms with Gasteiger partial charge in [0.05, 0.1) is 33.2 Å². The first-order valence-corrected chi connectivity index (χ1v) is 12.0. The Morgan fingerprint density at radius 2 is 1.59 bits per heavy atom. The number of piperidine rings is 1. The number of amides is 1. The minimum Gasteiger partial charge on any atom is -0.457 e. The van der Waals surface area contributed by atoms with Crippen molar-refractivity contribution in [1.82, 2.24) is 15.3 Å². The summed E-state index contributed by atoms with van der Waals surface area (Å²) in [5.41, 5.74) is 1.13. The molecule has 1 N–H and O–H groups in total. The Bertz CT molecular complexity index is 1050. The van der Waals surface area contributed by atoms with Crippen molar-refractivity contribution in [3.8, 4) is 22.9 Å². The molecule has 1 amide bonds. The number of hydrogen-bond donors (Lipinski definition) is 1. The number of nitrogens with one attached hydrogen (secondary N) is 1. The van der Waals surface area contributed by atoms with Gasteiger partial charge in [0.25, 0.3) is 5.91 Å². The summed E-state index contributed by atoms with van der Waals surface area (Å²) in [6, 6.07) is 14.7. The second-order valence-electron chi connectivity index (χ2n) is 8.45. The van der Waals surface area contributed by atoms with Gasteiger partial charge in [-0.3, -0.25) is 4.79 Å². The zero-order valence-electron chi connectivity index (χ0n) is 20.3. The number of ether oxygens (including phenoxy) is 1. The summed E-state index contributed by atoms with van der Waals surface area (Å²) in [4.78, 5) is 21.3. The lowest BCUT2D eigenvalue weighted by Crippen LogP contribution is -2.51. The van der Waals surface area contributed by atoms with Crippen LogP contribution >= 0.6 is 0 Å². The zero-order chi connectivity index (χ0) is 24.4. The number of rotatable bonds is 7. The molecule has 4 rings (SSSR count). The predicted octanol–water partition coefficient (Wildman–Crippen LogP) is 5.46. The van der Waals surface area contributed by atoms with Crippen molar-refractivity contribution in [1.29, 1.82) is 0 Å². The van der Waals surface area contributed by atoms with Crippen molar-refractivity contribution in [2.75, 3.05) is 33.2 Å². The molecule has 34 heavy (non-hydrogen) atoms. The average molecular weight is 466 g/mol. The molecular weight excluding hydrogens is 431 g/mol. The van der Waals surface area contributed by atoms with Crippen molar-refractivity contribution in [3.05, 3.63) is 72.3 Å². The van der Waals surface area contributed by atoms with Crippen LogP contribution in [-0.2, 0) is 0 Å². The molecule has 2 aromatic carbocycles. The highest BCUT2D eigenvalue weighted by molar-refractivity contribution is 5.92. The highest BCUT2D eigenvalue weighted by Gasteiger charge is 2.24. The number of hydrogen-bond acceptors (Lipinski definition) is 4. The minimum atomic E-state index is -0.309. The van der Waals surface area contributed by atoms with Gasteiger partial charge in [0.2, 0.25) is 0 Å². The van der Waals surface area contributed by atoms with Crippen LogP contribution in [0.25, 0.3) is 11.4 Å². The van der Waals surface area contributed by atoms with E-state index >= 15 is 0 Å². The molecule has 0 spiro atoms. The maximum atomic E-state index is 13.0. The van der Waals surface area contributed by atoms with Gasteiger partial charge in [-0.25, -0.2) is 14.4 Å². The van der Waals surface area contributed by atoms with Gasteiger partial charge >= 0.3 is 0 Å². The van der Waals surface area contributed by atoms with Crippen LogP contribution in [0.2, 0.25) is 0 Å². The van der Waals surface area contributed by atoms with Gasteiger partial charge in [-0.1, -0.05) is 13.8 Å². The van der Waals surface area contributed by atoms with E-state index in [1.54, 1.807) is 36.5 Å². The molecule has 1 fully saturated rings. The van der Waals surface area contributed by atoms with Crippen molar-refractivity contribution >= 4 is 5.91 Å². The van der Waals surface area contributed by atoms with Crippen molar-refractivity contribution in [3.63, 3.8) is 0 Å². The number of halogens is 1. The van der Waals surface area contributed by atoms with E-state index in [4.69, 9.17) is 4.74 Å². The van der Waals surface area contributed by atoms with Crippen molar-refractivity contribution in [2.45, 2.75) is 33.1 Å². The van der Waals surface area contributed by atoms with Gasteiger partial charge in [0.1, 0.15) is 23.0 Å². The van der Waals surface area contributed by atoms with Gasteiger partial charge in [-0.15, -0.1) is 0 Å². The van der Waals surface area contributed by atoms with Gasteiger partial charge in [0, 0.05) is 11.8 Å². The Labute approximate surface area is 201 Å². The second-order valence-corrected chi connectivity index (χ2v) is 8.45. The Morgan fingerprint density at radius 3 is 2.24 bits per heavy atom. The number of likely N-dealkylation sites (N-methyl/N-ethyl adjacent to an activating group) is 1. The number of carbonyl (C=O) groups excluding carboxylic acids is 1. The van der Waals surface area contributed by atoms with E-state index in [2.05, 4.69) is 22.3 Å². The van der Waals surface area contributed by atoms with E-state index < -0.39 is 0 Å². The van der Waals surface area contributed by atoms with Crippen LogP contribution in [0, 0.1) is 5.82 Å². The molecule has 6 nitrogen and oxygen atoms in total. The highest BCUT2D eigenvalue weighted by Crippen LogP contribution is 2.24. The molecule has 1 aromatic heterocycles. The lowest BCUT2D eigenvalue weighted by molar-refractivity contribution is -0.912. The maximum Gasteiger partial charge on any atom is 0.270 e. The highest BCUT2D eigenvalue weighted by atomic mass is 19.1. The monoisotopic (exact) mass is 465 g/mol. The predicted molar refractivity (Wildman–Crippen MR) is 132 cm³/mol. The second kappa shape index (κ2) is 12.2. The third-order valence-electron chi connectivity index (χ3n) is 5.88. The van der Waals surface area contributed by atoms with E-state index in [0.717, 1.165) is 16.6 Å². The lowest BCUT2D eigenvalue weighted by atomic mass is 10.1. The zero-order valence-corrected chi connectivity index (χ0v) is 20.3. The molecule has 0 saturated carbocycles. The smallest absolute Gasteiger partial charge is 0.270 e. The molecule has 180 valence electrons. The third kappa shape index (κ3) is 7.09. The Morgan fingerprint density at radius 1 is 0.971 bits per heavy atom. The van der Waals surface area contributed by atoms with E-state index in [1.807, 2.05) is 26.0 Å². The fraction of sp³-hybridized carbons (Fsp3) is 0.370. The summed E-state index contributed by atoms with van der Waals surface area (Å²) in [6.07, 6.45) is 5.42. The molecule has 1 aliphatic rings. The van der Waals surface area contributed by atoms with E-state index in [-0.39, 0.29) is 11.7 Å². The maximum absolute atomic E-state index is 13.0. The van der Waals surface area contributed by atoms with E-state index in [0.29, 0.717) is 29.6 Å². The van der Waals surface area contributed by atoms with Crippen molar-refractivity contribution in [2.24, 2.45) is 0 Å². The summed E-state index contributed by atoms with van der Waals surface area (Å²) in [7, 11) is 2.26. The third-order valence-corrected chi connectivity index (χ3v) is 5.88. The van der Waals surface area contributed by atoms with Gasteiger partial charge < -0.3 is 14.5 Å². The fourth-order valence-corrected chi connectivity index (χ4v) is 3.96. The summed E-state index contributed by atoms with van der Waals surface area (Å²) >= 11 is 0. The Kier molecular flexibility index (Phi) is 9.10. The lowest BCUT2D eigenvalue weighted by Gasteiger charge is -2.37.